The van der Waals surface area contributed by atoms with Crippen LogP contribution in [0.5, 0.6) is 11.5 Å². The molecule has 1 aliphatic heterocycles. The van der Waals surface area contributed by atoms with Crippen LogP contribution in [0.1, 0.15) is 25.3 Å². The molecule has 0 amide bonds. The van der Waals surface area contributed by atoms with E-state index in [9.17, 15) is 0 Å². The van der Waals surface area contributed by atoms with E-state index in [0.29, 0.717) is 6.54 Å². The molecule has 0 atom stereocenters. The van der Waals surface area contributed by atoms with E-state index in [2.05, 4.69) is 23.2 Å². The van der Waals surface area contributed by atoms with Crippen LogP contribution in [-0.2, 0) is 6.54 Å². The molecule has 1 saturated heterocycles. The van der Waals surface area contributed by atoms with E-state index in [1.54, 1.807) is 7.11 Å². The number of para-hydroxylation sites is 1. The van der Waals surface area contributed by atoms with Crippen LogP contribution in [0.3, 0.4) is 0 Å². The third-order valence-electron chi connectivity index (χ3n) is 4.67. The lowest BCUT2D eigenvalue weighted by atomic mass is 10.1. The monoisotopic (exact) mass is 495 g/mol. The zero-order chi connectivity index (χ0) is 18.9. The van der Waals surface area contributed by atoms with Gasteiger partial charge in [0.25, 0.3) is 0 Å². The van der Waals surface area contributed by atoms with Gasteiger partial charge in [0.15, 0.2) is 5.96 Å². The summed E-state index contributed by atoms with van der Waals surface area (Å²) in [5.74, 6) is 2.79. The number of nitrogens with zero attached hydrogens (tertiary/aromatic N) is 2. The first-order valence-corrected chi connectivity index (χ1v) is 9.66. The van der Waals surface area contributed by atoms with Gasteiger partial charge in [0, 0.05) is 32.5 Å². The van der Waals surface area contributed by atoms with Crippen molar-refractivity contribution in [2.24, 2.45) is 4.99 Å². The molecule has 1 N–H and O–H groups in total. The van der Waals surface area contributed by atoms with Gasteiger partial charge >= 0.3 is 0 Å². The molecule has 152 valence electrons. The van der Waals surface area contributed by atoms with Crippen molar-refractivity contribution in [1.29, 1.82) is 0 Å². The van der Waals surface area contributed by atoms with Gasteiger partial charge in [0.2, 0.25) is 0 Å². The van der Waals surface area contributed by atoms with Crippen molar-refractivity contribution in [3.63, 3.8) is 0 Å². The third kappa shape index (κ3) is 6.58. The Morgan fingerprint density at radius 3 is 2.46 bits per heavy atom. The maximum Gasteiger partial charge on any atom is 0.194 e. The van der Waals surface area contributed by atoms with Crippen molar-refractivity contribution in [2.45, 2.75) is 32.4 Å². The number of guanidine groups is 1. The lowest BCUT2D eigenvalue weighted by Gasteiger charge is -2.34. The number of hydrogen-bond acceptors (Lipinski definition) is 3. The molecular formula is C22H30IN3O2. The van der Waals surface area contributed by atoms with Crippen LogP contribution >= 0.6 is 24.0 Å². The fourth-order valence-electron chi connectivity index (χ4n) is 3.24. The SMILES string of the molecule is CCNC(=NCc1cccc(OC)c1)N1CCC(Oc2ccccc2)CC1.I. The van der Waals surface area contributed by atoms with Crippen LogP contribution in [0.4, 0.5) is 0 Å². The Balaban J connectivity index is 0.00000280. The molecule has 0 radical (unpaired) electrons. The first-order chi connectivity index (χ1) is 13.3. The highest BCUT2D eigenvalue weighted by Gasteiger charge is 2.22. The molecular weight excluding hydrogens is 465 g/mol. The van der Waals surface area contributed by atoms with Crippen molar-refractivity contribution in [3.05, 3.63) is 60.2 Å². The van der Waals surface area contributed by atoms with Crippen LogP contribution in [0.15, 0.2) is 59.6 Å². The van der Waals surface area contributed by atoms with Gasteiger partial charge in [-0.25, -0.2) is 4.99 Å². The van der Waals surface area contributed by atoms with Crippen molar-refractivity contribution in [2.75, 3.05) is 26.7 Å². The number of piperidine rings is 1. The van der Waals surface area contributed by atoms with Crippen LogP contribution in [0.2, 0.25) is 0 Å². The number of methoxy groups -OCH3 is 1. The normalized spacial score (nSPS) is 14.9. The fourth-order valence-corrected chi connectivity index (χ4v) is 3.24. The molecule has 3 rings (SSSR count). The molecule has 0 saturated carbocycles. The van der Waals surface area contributed by atoms with Gasteiger partial charge in [-0.2, -0.15) is 0 Å². The summed E-state index contributed by atoms with van der Waals surface area (Å²) in [6, 6.07) is 18.1. The number of hydrogen-bond donors (Lipinski definition) is 1. The largest absolute Gasteiger partial charge is 0.497 e. The van der Waals surface area contributed by atoms with E-state index in [1.807, 2.05) is 48.5 Å². The maximum absolute atomic E-state index is 6.10. The summed E-state index contributed by atoms with van der Waals surface area (Å²) in [4.78, 5) is 7.15. The molecule has 2 aromatic carbocycles. The summed E-state index contributed by atoms with van der Waals surface area (Å²) in [6.45, 7) is 5.49. The van der Waals surface area contributed by atoms with Crippen LogP contribution < -0.4 is 14.8 Å². The Kier molecular flexibility index (Phi) is 9.40. The lowest BCUT2D eigenvalue weighted by molar-refractivity contribution is 0.129. The molecule has 2 aromatic rings. The summed E-state index contributed by atoms with van der Waals surface area (Å²) in [5, 5.41) is 3.42. The molecule has 1 aliphatic rings. The van der Waals surface area contributed by atoms with Gasteiger partial charge in [-0.05, 0) is 36.8 Å². The molecule has 28 heavy (non-hydrogen) atoms. The number of nitrogens with one attached hydrogen (secondary N) is 1. The minimum absolute atomic E-state index is 0. The van der Waals surface area contributed by atoms with E-state index in [1.165, 1.54) is 0 Å². The predicted octanol–water partition coefficient (Wildman–Crippen LogP) is 4.32. The molecule has 5 nitrogen and oxygen atoms in total. The smallest absolute Gasteiger partial charge is 0.194 e. The van der Waals surface area contributed by atoms with Gasteiger partial charge in [-0.15, -0.1) is 24.0 Å². The molecule has 0 bridgehead atoms. The van der Waals surface area contributed by atoms with Crippen LogP contribution in [-0.4, -0.2) is 43.7 Å². The molecule has 1 fully saturated rings. The quantitative estimate of drug-likeness (QED) is 0.369. The highest BCUT2D eigenvalue weighted by molar-refractivity contribution is 14.0. The number of ether oxygens (including phenoxy) is 2. The Morgan fingerprint density at radius 2 is 1.79 bits per heavy atom. The van der Waals surface area contributed by atoms with Gasteiger partial charge in [-0.3, -0.25) is 0 Å². The number of likely N-dealkylation sites (tertiary alicyclic amines) is 1. The Labute approximate surface area is 185 Å². The molecule has 1 heterocycles. The topological polar surface area (TPSA) is 46.1 Å². The zero-order valence-electron chi connectivity index (χ0n) is 16.6. The van der Waals surface area contributed by atoms with E-state index in [0.717, 1.165) is 55.5 Å². The van der Waals surface area contributed by atoms with Crippen molar-refractivity contribution < 1.29 is 9.47 Å². The number of halogens is 1. The summed E-state index contributed by atoms with van der Waals surface area (Å²) < 4.78 is 11.4. The first-order valence-electron chi connectivity index (χ1n) is 9.66. The minimum Gasteiger partial charge on any atom is -0.497 e. The highest BCUT2D eigenvalue weighted by Crippen LogP contribution is 2.19. The van der Waals surface area contributed by atoms with Gasteiger partial charge in [0.05, 0.1) is 13.7 Å². The molecule has 6 heteroatoms. The zero-order valence-corrected chi connectivity index (χ0v) is 19.0. The Hall–Kier alpha value is -1.96. The number of rotatable bonds is 6. The van der Waals surface area contributed by atoms with E-state index < -0.39 is 0 Å². The molecule has 0 aromatic heterocycles. The summed E-state index contributed by atoms with van der Waals surface area (Å²) in [5.41, 5.74) is 1.15. The van der Waals surface area contributed by atoms with Crippen LogP contribution in [0.25, 0.3) is 0 Å². The minimum atomic E-state index is 0. The third-order valence-corrected chi connectivity index (χ3v) is 4.67. The highest BCUT2D eigenvalue weighted by atomic mass is 127. The summed E-state index contributed by atoms with van der Waals surface area (Å²) in [6.07, 6.45) is 2.27. The van der Waals surface area contributed by atoms with Gasteiger partial charge in [0.1, 0.15) is 17.6 Å². The van der Waals surface area contributed by atoms with Gasteiger partial charge in [-0.1, -0.05) is 30.3 Å². The van der Waals surface area contributed by atoms with Gasteiger partial charge < -0.3 is 19.7 Å². The van der Waals surface area contributed by atoms with E-state index >= 15 is 0 Å². The number of aliphatic imine (C=N–C) groups is 1. The molecule has 0 aliphatic carbocycles. The fraction of sp³-hybridized carbons (Fsp3) is 0.409. The average molecular weight is 495 g/mol. The van der Waals surface area contributed by atoms with Crippen molar-refractivity contribution >= 4 is 29.9 Å². The van der Waals surface area contributed by atoms with E-state index in [-0.39, 0.29) is 30.1 Å². The van der Waals surface area contributed by atoms with Crippen molar-refractivity contribution in [1.82, 2.24) is 10.2 Å². The van der Waals surface area contributed by atoms with Crippen LogP contribution in [0, 0.1) is 0 Å². The summed E-state index contributed by atoms with van der Waals surface area (Å²) >= 11 is 0. The number of benzene rings is 2. The Bertz CT molecular complexity index is 732. The first kappa shape index (κ1) is 22.3. The summed E-state index contributed by atoms with van der Waals surface area (Å²) in [7, 11) is 1.69. The maximum atomic E-state index is 6.10. The van der Waals surface area contributed by atoms with Crippen molar-refractivity contribution in [3.8, 4) is 11.5 Å². The lowest BCUT2D eigenvalue weighted by Crippen LogP contribution is -2.47. The second-order valence-electron chi connectivity index (χ2n) is 6.64. The second kappa shape index (κ2) is 11.8. The predicted molar refractivity (Wildman–Crippen MR) is 125 cm³/mol. The second-order valence-corrected chi connectivity index (χ2v) is 6.64. The Morgan fingerprint density at radius 1 is 1.07 bits per heavy atom. The molecule has 0 spiro atoms. The molecule has 0 unspecified atom stereocenters. The standard InChI is InChI=1S/C22H29N3O2.HI/c1-3-23-22(24-17-18-8-7-11-21(16-18)26-2)25-14-12-20(13-15-25)27-19-9-5-4-6-10-19;/h4-11,16,20H,3,12-15,17H2,1-2H3,(H,23,24);1H. The average Bonchev–Trinajstić information content (AvgIpc) is 2.73. The van der Waals surface area contributed by atoms with E-state index in [4.69, 9.17) is 14.5 Å².